The number of nitrogens with two attached hydrogens (primary N) is 1. The molecule has 3 N–H and O–H groups in total. The summed E-state index contributed by atoms with van der Waals surface area (Å²) in [6, 6.07) is 0. The van der Waals surface area contributed by atoms with E-state index in [0.29, 0.717) is 23.8 Å². The van der Waals surface area contributed by atoms with Gasteiger partial charge in [-0.15, -0.1) is 0 Å². The van der Waals surface area contributed by atoms with Gasteiger partial charge in [-0.05, 0) is 12.2 Å². The number of nitrogens with zero attached hydrogens (tertiary/aromatic N) is 1. The van der Waals surface area contributed by atoms with Crippen LogP contribution in [0.3, 0.4) is 0 Å². The van der Waals surface area contributed by atoms with Crippen LogP contribution in [0, 0.1) is 4.77 Å². The first-order chi connectivity index (χ1) is 5.27. The van der Waals surface area contributed by atoms with Crippen LogP contribution in [0.4, 0.5) is 5.82 Å². The Labute approximate surface area is 68.4 Å². The predicted octanol–water partition coefficient (Wildman–Crippen LogP) is 0.752. The molecule has 5 heteroatoms. The highest BCUT2D eigenvalue weighted by Gasteiger charge is 2.14. The van der Waals surface area contributed by atoms with Gasteiger partial charge in [0.1, 0.15) is 5.82 Å². The van der Waals surface area contributed by atoms with Crippen molar-refractivity contribution in [1.82, 2.24) is 9.97 Å². The van der Waals surface area contributed by atoms with Gasteiger partial charge in [0.25, 0.3) is 0 Å². The van der Waals surface area contributed by atoms with Crippen LogP contribution in [0.1, 0.15) is 11.3 Å². The maximum Gasteiger partial charge on any atom is 0.199 e. The molecule has 11 heavy (non-hydrogen) atoms. The van der Waals surface area contributed by atoms with Crippen LogP contribution in [-0.4, -0.2) is 9.97 Å². The van der Waals surface area contributed by atoms with E-state index in [1.54, 1.807) is 0 Å². The van der Waals surface area contributed by atoms with Crippen LogP contribution < -0.4 is 5.73 Å². The number of ether oxygens (including phenoxy) is 1. The van der Waals surface area contributed by atoms with Crippen LogP contribution in [0.25, 0.3) is 0 Å². The van der Waals surface area contributed by atoms with Crippen molar-refractivity contribution in [2.45, 2.75) is 13.2 Å². The van der Waals surface area contributed by atoms with Crippen LogP contribution in [-0.2, 0) is 18.0 Å². The van der Waals surface area contributed by atoms with Crippen molar-refractivity contribution in [3.8, 4) is 0 Å². The first-order valence-corrected chi connectivity index (χ1v) is 3.63. The maximum atomic E-state index is 5.59. The van der Waals surface area contributed by atoms with Gasteiger partial charge in [-0.2, -0.15) is 0 Å². The zero-order chi connectivity index (χ0) is 7.84. The number of nitrogens with one attached hydrogen (secondary N) is 1. The van der Waals surface area contributed by atoms with E-state index < -0.39 is 0 Å². The number of H-pyrrole nitrogens is 1. The number of aromatic amines is 1. The van der Waals surface area contributed by atoms with Crippen LogP contribution in [0.2, 0.25) is 0 Å². The minimum absolute atomic E-state index is 0.423. The summed E-state index contributed by atoms with van der Waals surface area (Å²) in [7, 11) is 0. The largest absolute Gasteiger partial charge is 0.383 e. The van der Waals surface area contributed by atoms with Crippen molar-refractivity contribution in [2.24, 2.45) is 0 Å². The van der Waals surface area contributed by atoms with Crippen molar-refractivity contribution in [1.29, 1.82) is 0 Å². The summed E-state index contributed by atoms with van der Waals surface area (Å²) in [6.07, 6.45) is 0. The lowest BCUT2D eigenvalue weighted by atomic mass is 10.2. The normalized spacial score (nSPS) is 14.9. The number of rotatable bonds is 0. The van der Waals surface area contributed by atoms with Crippen molar-refractivity contribution >= 4 is 18.0 Å². The number of aromatic nitrogens is 2. The second-order valence-electron chi connectivity index (χ2n) is 2.38. The van der Waals surface area contributed by atoms with Gasteiger partial charge in [-0.1, -0.05) is 0 Å². The zero-order valence-electron chi connectivity index (χ0n) is 5.76. The smallest absolute Gasteiger partial charge is 0.199 e. The van der Waals surface area contributed by atoms with E-state index in [-0.39, 0.29) is 0 Å². The molecule has 1 aromatic rings. The Hall–Kier alpha value is -0.940. The molecule has 0 amide bonds. The van der Waals surface area contributed by atoms with E-state index in [1.807, 2.05) is 0 Å². The Balaban J connectivity index is 2.70. The molecular formula is C6H7N3OS. The van der Waals surface area contributed by atoms with E-state index in [9.17, 15) is 0 Å². The van der Waals surface area contributed by atoms with Crippen LogP contribution in [0.5, 0.6) is 0 Å². The highest BCUT2D eigenvalue weighted by molar-refractivity contribution is 7.71. The summed E-state index contributed by atoms with van der Waals surface area (Å²) in [4.78, 5) is 6.83. The number of hydrogen-bond acceptors (Lipinski definition) is 4. The standard InChI is InChI=1S/C6H7N3OS/c7-5-3-1-10-2-4(3)8-6(11)9-5/h1-2H2,(H3,7,8,9,11). The summed E-state index contributed by atoms with van der Waals surface area (Å²) < 4.78 is 5.58. The van der Waals surface area contributed by atoms with E-state index in [4.69, 9.17) is 22.7 Å². The molecule has 2 rings (SSSR count). The number of nitrogen functional groups attached to an aromatic ring is 1. The third-order valence-corrected chi connectivity index (χ3v) is 1.84. The molecule has 0 unspecified atom stereocenters. The van der Waals surface area contributed by atoms with E-state index in [2.05, 4.69) is 9.97 Å². The van der Waals surface area contributed by atoms with Gasteiger partial charge in [0.2, 0.25) is 0 Å². The fourth-order valence-electron chi connectivity index (χ4n) is 1.10. The molecule has 1 aromatic heterocycles. The van der Waals surface area contributed by atoms with Gasteiger partial charge in [-0.3, -0.25) is 0 Å². The molecule has 2 heterocycles. The Kier molecular flexibility index (Phi) is 1.40. The lowest BCUT2D eigenvalue weighted by molar-refractivity contribution is 0.133. The third-order valence-electron chi connectivity index (χ3n) is 1.65. The number of hydrogen-bond donors (Lipinski definition) is 2. The molecule has 0 saturated heterocycles. The predicted molar refractivity (Wildman–Crippen MR) is 42.3 cm³/mol. The summed E-state index contributed by atoms with van der Waals surface area (Å²) in [5, 5.41) is 0. The Morgan fingerprint density at radius 1 is 1.55 bits per heavy atom. The second-order valence-corrected chi connectivity index (χ2v) is 2.76. The highest BCUT2D eigenvalue weighted by atomic mass is 32.1. The van der Waals surface area contributed by atoms with E-state index in [1.165, 1.54) is 0 Å². The Bertz CT molecular complexity index is 346. The molecule has 0 saturated carbocycles. The number of fused-ring (bicyclic) bond motifs is 1. The average molecular weight is 169 g/mol. The van der Waals surface area contributed by atoms with Gasteiger partial charge >= 0.3 is 0 Å². The lowest BCUT2D eigenvalue weighted by Crippen LogP contribution is -2.00. The van der Waals surface area contributed by atoms with Crippen molar-refractivity contribution < 1.29 is 4.74 Å². The fourth-order valence-corrected chi connectivity index (χ4v) is 1.32. The highest BCUT2D eigenvalue weighted by Crippen LogP contribution is 2.20. The van der Waals surface area contributed by atoms with E-state index >= 15 is 0 Å². The van der Waals surface area contributed by atoms with Crippen molar-refractivity contribution in [2.75, 3.05) is 5.73 Å². The maximum absolute atomic E-state index is 5.59. The summed E-state index contributed by atoms with van der Waals surface area (Å²) in [5.74, 6) is 0.487. The molecule has 0 spiro atoms. The minimum Gasteiger partial charge on any atom is -0.383 e. The average Bonchev–Trinajstić information content (AvgIpc) is 2.34. The fraction of sp³-hybridized carbons (Fsp3) is 0.333. The molecule has 0 aromatic carbocycles. The van der Waals surface area contributed by atoms with Gasteiger partial charge in [-0.25, -0.2) is 4.98 Å². The Morgan fingerprint density at radius 3 is 3.18 bits per heavy atom. The van der Waals surface area contributed by atoms with Gasteiger partial charge in [0, 0.05) is 5.56 Å². The summed E-state index contributed by atoms with van der Waals surface area (Å²) in [5.41, 5.74) is 7.50. The zero-order valence-corrected chi connectivity index (χ0v) is 6.57. The summed E-state index contributed by atoms with van der Waals surface area (Å²) >= 11 is 4.84. The second kappa shape index (κ2) is 2.28. The van der Waals surface area contributed by atoms with Crippen LogP contribution in [0.15, 0.2) is 0 Å². The molecule has 0 aliphatic carbocycles. The molecule has 0 radical (unpaired) electrons. The SMILES string of the molecule is Nc1nc(=S)[nH]c2c1COC2. The molecule has 4 nitrogen and oxygen atoms in total. The first kappa shape index (κ1) is 6.75. The molecule has 1 aliphatic heterocycles. The van der Waals surface area contributed by atoms with Gasteiger partial charge in [0.05, 0.1) is 18.9 Å². The summed E-state index contributed by atoms with van der Waals surface area (Å²) in [6.45, 7) is 1.10. The first-order valence-electron chi connectivity index (χ1n) is 3.22. The molecular weight excluding hydrogens is 162 g/mol. The van der Waals surface area contributed by atoms with Crippen molar-refractivity contribution in [3.63, 3.8) is 0 Å². The monoisotopic (exact) mass is 169 g/mol. The third kappa shape index (κ3) is 1.02. The number of anilines is 1. The molecule has 0 fully saturated rings. The lowest BCUT2D eigenvalue weighted by Gasteiger charge is -1.98. The van der Waals surface area contributed by atoms with Gasteiger partial charge < -0.3 is 15.5 Å². The quantitative estimate of drug-likeness (QED) is 0.562. The Morgan fingerprint density at radius 2 is 2.36 bits per heavy atom. The van der Waals surface area contributed by atoms with Crippen LogP contribution >= 0.6 is 12.2 Å². The van der Waals surface area contributed by atoms with Crippen molar-refractivity contribution in [3.05, 3.63) is 16.0 Å². The minimum atomic E-state index is 0.423. The molecule has 0 bridgehead atoms. The molecule has 58 valence electrons. The van der Waals surface area contributed by atoms with Gasteiger partial charge in [0.15, 0.2) is 4.77 Å². The molecule has 0 atom stereocenters. The topological polar surface area (TPSA) is 63.9 Å². The molecule has 1 aliphatic rings. The van der Waals surface area contributed by atoms with E-state index in [0.717, 1.165) is 11.3 Å².